The van der Waals surface area contributed by atoms with Crippen LogP contribution in [-0.2, 0) is 0 Å². The van der Waals surface area contributed by atoms with Crippen LogP contribution in [0, 0.1) is 5.92 Å². The smallest absolute Gasteiger partial charge is 0.0925 e. The van der Waals surface area contributed by atoms with Crippen LogP contribution >= 0.6 is 0 Å². The fraction of sp³-hybridized carbons (Fsp3) is 0.714. The highest BCUT2D eigenvalue weighted by atomic mass is 19.1. The molecule has 0 nitrogen and oxygen atoms in total. The molecule has 0 amide bonds. The molecule has 0 heterocycles. The largest absolute Gasteiger partial charge is 0.251 e. The van der Waals surface area contributed by atoms with E-state index in [0.717, 1.165) is 12.8 Å². The van der Waals surface area contributed by atoms with Crippen molar-refractivity contribution >= 4 is 0 Å². The maximum Gasteiger partial charge on any atom is 0.0925 e. The van der Waals surface area contributed by atoms with Crippen LogP contribution in [0.1, 0.15) is 19.8 Å². The molecule has 1 unspecified atom stereocenters. The van der Waals surface area contributed by atoms with Crippen LogP contribution in [0.5, 0.6) is 0 Å². The van der Waals surface area contributed by atoms with Crippen molar-refractivity contribution in [3.8, 4) is 0 Å². The van der Waals surface area contributed by atoms with Crippen molar-refractivity contribution in [2.24, 2.45) is 5.92 Å². The van der Waals surface area contributed by atoms with Gasteiger partial charge in [0.1, 0.15) is 0 Å². The average molecular weight is 116 g/mol. The second-order valence-electron chi connectivity index (χ2n) is 1.95. The number of hydrogen-bond acceptors (Lipinski definition) is 0. The topological polar surface area (TPSA) is 0 Å². The number of halogens is 1. The van der Waals surface area contributed by atoms with Gasteiger partial charge in [0.05, 0.1) is 6.67 Å². The van der Waals surface area contributed by atoms with E-state index >= 15 is 0 Å². The number of allylic oxidation sites excluding steroid dienone is 1. The Bertz CT molecular complexity index is 55.4. The van der Waals surface area contributed by atoms with E-state index in [1.807, 2.05) is 6.92 Å². The zero-order valence-electron chi connectivity index (χ0n) is 5.36. The molecule has 8 heavy (non-hydrogen) atoms. The molecule has 0 aromatic carbocycles. The molecule has 0 fully saturated rings. The summed E-state index contributed by atoms with van der Waals surface area (Å²) in [5.74, 6) is 0.215. The SMILES string of the molecule is C=CCC(CC)CF. The Morgan fingerprint density at radius 3 is 2.50 bits per heavy atom. The summed E-state index contributed by atoms with van der Waals surface area (Å²) < 4.78 is 11.8. The highest BCUT2D eigenvalue weighted by Gasteiger charge is 2.00. The molecule has 1 heteroatoms. The van der Waals surface area contributed by atoms with Crippen LogP contribution in [0.25, 0.3) is 0 Å². The molecule has 0 radical (unpaired) electrons. The Hall–Kier alpha value is -0.330. The van der Waals surface area contributed by atoms with Crippen LogP contribution in [0.15, 0.2) is 12.7 Å². The third kappa shape index (κ3) is 2.78. The number of alkyl halides is 1. The van der Waals surface area contributed by atoms with Gasteiger partial charge >= 0.3 is 0 Å². The van der Waals surface area contributed by atoms with Crippen molar-refractivity contribution in [3.63, 3.8) is 0 Å². The first-order valence-electron chi connectivity index (χ1n) is 3.02. The summed E-state index contributed by atoms with van der Waals surface area (Å²) in [6, 6.07) is 0. The number of hydrogen-bond donors (Lipinski definition) is 0. The van der Waals surface area contributed by atoms with E-state index in [9.17, 15) is 4.39 Å². The van der Waals surface area contributed by atoms with E-state index in [1.54, 1.807) is 6.08 Å². The fourth-order valence-corrected chi connectivity index (χ4v) is 0.574. The average Bonchev–Trinajstić information content (AvgIpc) is 1.83. The molecule has 0 aliphatic carbocycles. The van der Waals surface area contributed by atoms with Gasteiger partial charge in [0.2, 0.25) is 0 Å². The second kappa shape index (κ2) is 4.82. The summed E-state index contributed by atoms with van der Waals surface area (Å²) in [6.07, 6.45) is 3.50. The molecule has 0 aliphatic rings. The third-order valence-corrected chi connectivity index (χ3v) is 1.30. The van der Waals surface area contributed by atoms with E-state index in [1.165, 1.54) is 0 Å². The van der Waals surface area contributed by atoms with Crippen molar-refractivity contribution in [1.29, 1.82) is 0 Å². The summed E-state index contributed by atoms with van der Waals surface area (Å²) >= 11 is 0. The predicted octanol–water partition coefficient (Wildman–Crippen LogP) is 2.56. The van der Waals surface area contributed by atoms with Gasteiger partial charge in [0, 0.05) is 0 Å². The van der Waals surface area contributed by atoms with Crippen molar-refractivity contribution in [3.05, 3.63) is 12.7 Å². The number of rotatable bonds is 4. The molecule has 0 spiro atoms. The van der Waals surface area contributed by atoms with Crippen molar-refractivity contribution in [1.82, 2.24) is 0 Å². The van der Waals surface area contributed by atoms with Gasteiger partial charge in [-0.15, -0.1) is 6.58 Å². The predicted molar refractivity (Wildman–Crippen MR) is 34.6 cm³/mol. The normalized spacial score (nSPS) is 13.2. The van der Waals surface area contributed by atoms with Gasteiger partial charge in [-0.3, -0.25) is 4.39 Å². The maximum absolute atomic E-state index is 11.8. The van der Waals surface area contributed by atoms with Crippen molar-refractivity contribution < 1.29 is 4.39 Å². The van der Waals surface area contributed by atoms with Gasteiger partial charge in [0.15, 0.2) is 0 Å². The molecular formula is C7H13F. The van der Waals surface area contributed by atoms with Gasteiger partial charge in [0.25, 0.3) is 0 Å². The fourth-order valence-electron chi connectivity index (χ4n) is 0.574. The second-order valence-corrected chi connectivity index (χ2v) is 1.95. The van der Waals surface area contributed by atoms with Crippen LogP contribution in [0.4, 0.5) is 4.39 Å². The van der Waals surface area contributed by atoms with Crippen LogP contribution in [0.2, 0.25) is 0 Å². The zero-order chi connectivity index (χ0) is 6.41. The lowest BCUT2D eigenvalue weighted by molar-refractivity contribution is 0.355. The van der Waals surface area contributed by atoms with E-state index in [4.69, 9.17) is 0 Å². The summed E-state index contributed by atoms with van der Waals surface area (Å²) in [6.45, 7) is 5.32. The molecule has 0 saturated carbocycles. The standard InChI is InChI=1S/C7H13F/c1-3-5-7(4-2)6-8/h3,7H,1,4-6H2,2H3. The Morgan fingerprint density at radius 2 is 2.38 bits per heavy atom. The quantitative estimate of drug-likeness (QED) is 0.495. The zero-order valence-corrected chi connectivity index (χ0v) is 5.36. The molecule has 0 aliphatic heterocycles. The van der Waals surface area contributed by atoms with Crippen molar-refractivity contribution in [2.75, 3.05) is 6.67 Å². The minimum Gasteiger partial charge on any atom is -0.251 e. The van der Waals surface area contributed by atoms with Crippen LogP contribution in [0.3, 0.4) is 0 Å². The summed E-state index contributed by atoms with van der Waals surface area (Å²) in [4.78, 5) is 0. The molecule has 48 valence electrons. The van der Waals surface area contributed by atoms with E-state index in [0.29, 0.717) is 0 Å². The summed E-state index contributed by atoms with van der Waals surface area (Å²) in [7, 11) is 0. The minimum absolute atomic E-state index is 0.206. The maximum atomic E-state index is 11.8. The van der Waals surface area contributed by atoms with Gasteiger partial charge in [-0.05, 0) is 12.3 Å². The van der Waals surface area contributed by atoms with Crippen LogP contribution in [-0.4, -0.2) is 6.67 Å². The molecule has 0 aromatic heterocycles. The molecule has 0 N–H and O–H groups in total. The van der Waals surface area contributed by atoms with E-state index < -0.39 is 0 Å². The Morgan fingerprint density at radius 1 is 1.75 bits per heavy atom. The summed E-state index contributed by atoms with van der Waals surface area (Å²) in [5, 5.41) is 0. The molecule has 0 aromatic rings. The summed E-state index contributed by atoms with van der Waals surface area (Å²) in [5.41, 5.74) is 0. The van der Waals surface area contributed by atoms with E-state index in [2.05, 4.69) is 6.58 Å². The first kappa shape index (κ1) is 7.67. The molecule has 1 atom stereocenters. The van der Waals surface area contributed by atoms with E-state index in [-0.39, 0.29) is 12.6 Å². The highest BCUT2D eigenvalue weighted by molar-refractivity contribution is 4.71. The van der Waals surface area contributed by atoms with Gasteiger partial charge in [-0.2, -0.15) is 0 Å². The Kier molecular flexibility index (Phi) is 4.62. The molecule has 0 rings (SSSR count). The minimum atomic E-state index is -0.206. The monoisotopic (exact) mass is 116 g/mol. The van der Waals surface area contributed by atoms with Gasteiger partial charge in [-0.25, -0.2) is 0 Å². The van der Waals surface area contributed by atoms with Gasteiger partial charge < -0.3 is 0 Å². The first-order valence-corrected chi connectivity index (χ1v) is 3.02. The molecule has 0 bridgehead atoms. The lowest BCUT2D eigenvalue weighted by Gasteiger charge is -2.03. The molecular weight excluding hydrogens is 103 g/mol. The highest BCUT2D eigenvalue weighted by Crippen LogP contribution is 2.07. The molecule has 0 saturated heterocycles. The van der Waals surface area contributed by atoms with Gasteiger partial charge in [-0.1, -0.05) is 19.4 Å². The lowest BCUT2D eigenvalue weighted by atomic mass is 10.1. The lowest BCUT2D eigenvalue weighted by Crippen LogP contribution is -1.97. The van der Waals surface area contributed by atoms with Crippen LogP contribution < -0.4 is 0 Å². The first-order chi connectivity index (χ1) is 3.85. The third-order valence-electron chi connectivity index (χ3n) is 1.30. The Balaban J connectivity index is 3.20. The Labute approximate surface area is 50.4 Å². The van der Waals surface area contributed by atoms with Crippen molar-refractivity contribution in [2.45, 2.75) is 19.8 Å².